The molecule has 5 heteroatoms. The summed E-state index contributed by atoms with van der Waals surface area (Å²) >= 11 is 4.76. The molecule has 3 nitrogen and oxygen atoms in total. The lowest BCUT2D eigenvalue weighted by Gasteiger charge is -2.21. The van der Waals surface area contributed by atoms with Crippen LogP contribution in [0.5, 0.6) is 0 Å². The van der Waals surface area contributed by atoms with Crippen molar-refractivity contribution < 1.29 is 9.18 Å². The second-order valence-electron chi connectivity index (χ2n) is 3.75. The summed E-state index contributed by atoms with van der Waals surface area (Å²) < 4.78 is 13.4. The van der Waals surface area contributed by atoms with E-state index in [0.717, 1.165) is 0 Å². The maximum absolute atomic E-state index is 13.4. The molecule has 1 aromatic carbocycles. The number of hydrogen-bond acceptors (Lipinski definition) is 2. The van der Waals surface area contributed by atoms with E-state index in [1.165, 1.54) is 17.9 Å². The molecule has 1 rings (SSSR count). The molecule has 0 heterocycles. The van der Waals surface area contributed by atoms with Crippen LogP contribution >= 0.6 is 12.2 Å². The highest BCUT2D eigenvalue weighted by molar-refractivity contribution is 7.80. The number of amides is 1. The Bertz CT molecular complexity index is 423. The number of carbonyl (C=O) groups excluding carboxylic acids is 1. The van der Waals surface area contributed by atoms with E-state index in [1.54, 1.807) is 18.2 Å². The lowest BCUT2D eigenvalue weighted by Crippen LogP contribution is -2.31. The monoisotopic (exact) mass is 254 g/mol. The van der Waals surface area contributed by atoms with Gasteiger partial charge >= 0.3 is 0 Å². The van der Waals surface area contributed by atoms with Crippen LogP contribution in [0, 0.1) is 5.82 Å². The highest BCUT2D eigenvalue weighted by Gasteiger charge is 2.11. The molecule has 0 bridgehead atoms. The van der Waals surface area contributed by atoms with Crippen molar-refractivity contribution in [3.05, 3.63) is 35.6 Å². The van der Waals surface area contributed by atoms with Gasteiger partial charge in [0.15, 0.2) is 0 Å². The van der Waals surface area contributed by atoms with Gasteiger partial charge in [-0.2, -0.15) is 0 Å². The Morgan fingerprint density at radius 2 is 2.12 bits per heavy atom. The summed E-state index contributed by atoms with van der Waals surface area (Å²) in [6, 6.07) is 6.39. The van der Waals surface area contributed by atoms with Crippen molar-refractivity contribution in [1.82, 2.24) is 4.90 Å². The third-order valence-electron chi connectivity index (χ3n) is 2.39. The van der Waals surface area contributed by atoms with Gasteiger partial charge in [0.2, 0.25) is 5.91 Å². The van der Waals surface area contributed by atoms with E-state index >= 15 is 0 Å². The summed E-state index contributed by atoms with van der Waals surface area (Å²) in [6.07, 6.45) is 0.448. The van der Waals surface area contributed by atoms with Crippen LogP contribution in [0.25, 0.3) is 0 Å². The third-order valence-corrected chi connectivity index (χ3v) is 2.60. The first-order chi connectivity index (χ1) is 8.00. The summed E-state index contributed by atoms with van der Waals surface area (Å²) in [5.74, 6) is -0.432. The molecule has 0 spiro atoms. The minimum atomic E-state index is -0.311. The topological polar surface area (TPSA) is 46.3 Å². The maximum Gasteiger partial charge on any atom is 0.219 e. The van der Waals surface area contributed by atoms with Gasteiger partial charge in [0.1, 0.15) is 5.82 Å². The first-order valence-electron chi connectivity index (χ1n) is 5.28. The average molecular weight is 254 g/mol. The normalized spacial score (nSPS) is 10.0. The molecule has 0 saturated heterocycles. The largest absolute Gasteiger partial charge is 0.393 e. The Labute approximate surface area is 105 Å². The van der Waals surface area contributed by atoms with E-state index in [4.69, 9.17) is 18.0 Å². The molecule has 0 aromatic heterocycles. The molecule has 0 saturated carbocycles. The minimum absolute atomic E-state index is 0.121. The molecule has 0 radical (unpaired) electrons. The maximum atomic E-state index is 13.4. The van der Waals surface area contributed by atoms with Crippen molar-refractivity contribution >= 4 is 23.1 Å². The van der Waals surface area contributed by atoms with Gasteiger partial charge in [-0.25, -0.2) is 4.39 Å². The highest BCUT2D eigenvalue weighted by atomic mass is 32.1. The molecule has 1 aromatic rings. The summed E-state index contributed by atoms with van der Waals surface area (Å²) in [5, 5.41) is 0. The predicted octanol–water partition coefficient (Wildman–Crippen LogP) is 1.85. The van der Waals surface area contributed by atoms with Gasteiger partial charge in [-0.1, -0.05) is 30.4 Å². The van der Waals surface area contributed by atoms with E-state index in [9.17, 15) is 9.18 Å². The molecule has 2 N–H and O–H groups in total. The lowest BCUT2D eigenvalue weighted by molar-refractivity contribution is -0.129. The molecule has 17 heavy (non-hydrogen) atoms. The first-order valence-corrected chi connectivity index (χ1v) is 5.68. The molecule has 0 aliphatic carbocycles. The minimum Gasteiger partial charge on any atom is -0.393 e. The number of benzene rings is 1. The fraction of sp³-hybridized carbons (Fsp3) is 0.333. The molecule has 0 atom stereocenters. The van der Waals surface area contributed by atoms with Gasteiger partial charge < -0.3 is 10.6 Å². The zero-order chi connectivity index (χ0) is 12.8. The Morgan fingerprint density at radius 3 is 2.65 bits per heavy atom. The van der Waals surface area contributed by atoms with Crippen LogP contribution in [-0.4, -0.2) is 22.3 Å². The molecule has 0 aliphatic rings. The summed E-state index contributed by atoms with van der Waals surface area (Å²) in [5.41, 5.74) is 5.87. The van der Waals surface area contributed by atoms with Gasteiger partial charge in [-0.3, -0.25) is 4.79 Å². The fourth-order valence-corrected chi connectivity index (χ4v) is 1.52. The van der Waals surface area contributed by atoms with Gasteiger partial charge in [0.25, 0.3) is 0 Å². The van der Waals surface area contributed by atoms with E-state index in [0.29, 0.717) is 23.5 Å². The Balaban J connectivity index is 2.70. The van der Waals surface area contributed by atoms with Crippen LogP contribution < -0.4 is 5.73 Å². The molecular formula is C12H15FN2OS. The number of nitrogens with zero attached hydrogens (tertiary/aromatic N) is 1. The van der Waals surface area contributed by atoms with Crippen molar-refractivity contribution in [3.8, 4) is 0 Å². The number of nitrogens with two attached hydrogens (primary N) is 1. The average Bonchev–Trinajstić information content (AvgIpc) is 2.25. The molecule has 1 amide bonds. The van der Waals surface area contributed by atoms with E-state index in [-0.39, 0.29) is 18.3 Å². The SMILES string of the molecule is CC(=O)N(CCC(N)=S)Cc1ccccc1F. The zero-order valence-electron chi connectivity index (χ0n) is 9.65. The lowest BCUT2D eigenvalue weighted by atomic mass is 10.2. The third kappa shape index (κ3) is 4.48. The van der Waals surface area contributed by atoms with Crippen LogP contribution in [0.1, 0.15) is 18.9 Å². The van der Waals surface area contributed by atoms with Crippen molar-refractivity contribution in [3.63, 3.8) is 0 Å². The molecule has 0 fully saturated rings. The van der Waals surface area contributed by atoms with Gasteiger partial charge in [0.05, 0.1) is 4.99 Å². The predicted molar refractivity (Wildman–Crippen MR) is 68.9 cm³/mol. The number of carbonyl (C=O) groups is 1. The summed E-state index contributed by atoms with van der Waals surface area (Å²) in [4.78, 5) is 13.3. The molecular weight excluding hydrogens is 239 g/mol. The Kier molecular flexibility index (Phi) is 5.03. The van der Waals surface area contributed by atoms with Crippen molar-refractivity contribution in [2.24, 2.45) is 5.73 Å². The first kappa shape index (κ1) is 13.6. The second kappa shape index (κ2) is 6.30. The van der Waals surface area contributed by atoms with Crippen molar-refractivity contribution in [2.45, 2.75) is 19.9 Å². The number of halogens is 1. The second-order valence-corrected chi connectivity index (χ2v) is 4.27. The smallest absolute Gasteiger partial charge is 0.219 e. The molecule has 92 valence electrons. The van der Waals surface area contributed by atoms with Gasteiger partial charge in [-0.15, -0.1) is 0 Å². The number of rotatable bonds is 5. The van der Waals surface area contributed by atoms with Crippen LogP contribution in [0.15, 0.2) is 24.3 Å². The van der Waals surface area contributed by atoms with Crippen LogP contribution in [0.2, 0.25) is 0 Å². The Morgan fingerprint density at radius 1 is 1.47 bits per heavy atom. The molecule has 0 aliphatic heterocycles. The summed E-state index contributed by atoms with van der Waals surface area (Å²) in [6.45, 7) is 2.10. The standard InChI is InChI=1S/C12H15FN2OS/c1-9(16)15(7-6-12(14)17)8-10-4-2-3-5-11(10)13/h2-5H,6-8H2,1H3,(H2,14,17). The quantitative estimate of drug-likeness (QED) is 0.816. The van der Waals surface area contributed by atoms with Gasteiger partial charge in [-0.05, 0) is 6.07 Å². The van der Waals surface area contributed by atoms with Crippen molar-refractivity contribution in [1.29, 1.82) is 0 Å². The van der Waals surface area contributed by atoms with Crippen LogP contribution in [0.4, 0.5) is 4.39 Å². The Hall–Kier alpha value is -1.49. The van der Waals surface area contributed by atoms with Crippen molar-refractivity contribution in [2.75, 3.05) is 6.54 Å². The molecule has 0 unspecified atom stereocenters. The summed E-state index contributed by atoms with van der Waals surface area (Å²) in [7, 11) is 0. The fourth-order valence-electron chi connectivity index (χ4n) is 1.43. The number of thiocarbonyl (C=S) groups is 1. The van der Waals surface area contributed by atoms with Crippen LogP contribution in [0.3, 0.4) is 0 Å². The highest BCUT2D eigenvalue weighted by Crippen LogP contribution is 2.10. The van der Waals surface area contributed by atoms with E-state index in [1.807, 2.05) is 0 Å². The number of hydrogen-bond donors (Lipinski definition) is 1. The van der Waals surface area contributed by atoms with E-state index in [2.05, 4.69) is 0 Å². The van der Waals surface area contributed by atoms with Crippen LogP contribution in [-0.2, 0) is 11.3 Å². The zero-order valence-corrected chi connectivity index (χ0v) is 10.5. The van der Waals surface area contributed by atoms with Gasteiger partial charge in [0, 0.05) is 32.0 Å². The van der Waals surface area contributed by atoms with E-state index < -0.39 is 0 Å².